The fraction of sp³-hybridized carbons (Fsp3) is 0.261. The second-order valence-corrected chi connectivity index (χ2v) is 8.75. The van der Waals surface area contributed by atoms with Gasteiger partial charge in [0.05, 0.1) is 66.4 Å². The molecular weight excluding hydrogens is 465 g/mol. The summed E-state index contributed by atoms with van der Waals surface area (Å²) < 4.78 is 8.67. The predicted molar refractivity (Wildman–Crippen MR) is 127 cm³/mol. The molecule has 5 rings (SSSR count). The second-order valence-electron chi connectivity index (χ2n) is 7.94. The molecule has 10 heteroatoms. The van der Waals surface area contributed by atoms with Crippen LogP contribution in [0.5, 0.6) is 0 Å². The molecule has 33 heavy (non-hydrogen) atoms. The standard InChI is InChI=1S/C23H21Cl2N5O3/c24-17-4-2-1-3-14(17)10-30-20-5-6-29(23(32)16(20)8-27-30)21-7-22(26-9-18(21)25)28-19-13-33-12-15(19)11-31/h1-9,15,19,31H,10-13H2,(H,26,28)/t15?,19-/m1/s1. The van der Waals surface area contributed by atoms with Crippen LogP contribution in [0.2, 0.25) is 10.0 Å². The molecule has 4 heterocycles. The number of hydrogen-bond acceptors (Lipinski definition) is 6. The monoisotopic (exact) mass is 485 g/mol. The summed E-state index contributed by atoms with van der Waals surface area (Å²) in [7, 11) is 0. The Labute approximate surface area is 199 Å². The molecule has 4 aromatic rings. The molecule has 1 fully saturated rings. The zero-order chi connectivity index (χ0) is 22.9. The highest BCUT2D eigenvalue weighted by molar-refractivity contribution is 6.32. The fourth-order valence-electron chi connectivity index (χ4n) is 4.00. The van der Waals surface area contributed by atoms with Gasteiger partial charge >= 0.3 is 0 Å². The number of anilines is 1. The third kappa shape index (κ3) is 4.22. The average Bonchev–Trinajstić information content (AvgIpc) is 3.44. The Kier molecular flexibility index (Phi) is 6.07. The maximum atomic E-state index is 13.3. The molecule has 1 aliphatic rings. The highest BCUT2D eigenvalue weighted by atomic mass is 35.5. The fourth-order valence-corrected chi connectivity index (χ4v) is 4.39. The quantitative estimate of drug-likeness (QED) is 0.434. The number of aliphatic hydroxyl groups excluding tert-OH is 1. The summed E-state index contributed by atoms with van der Waals surface area (Å²) in [6.07, 6.45) is 4.73. The van der Waals surface area contributed by atoms with Crippen molar-refractivity contribution in [2.24, 2.45) is 5.92 Å². The van der Waals surface area contributed by atoms with E-state index in [-0.39, 0.29) is 24.1 Å². The Hall–Kier alpha value is -2.91. The smallest absolute Gasteiger partial charge is 0.266 e. The van der Waals surface area contributed by atoms with Gasteiger partial charge in [0, 0.05) is 23.2 Å². The number of aliphatic hydroxyl groups is 1. The molecule has 0 amide bonds. The van der Waals surface area contributed by atoms with Gasteiger partial charge in [-0.15, -0.1) is 0 Å². The van der Waals surface area contributed by atoms with E-state index in [1.807, 2.05) is 30.3 Å². The van der Waals surface area contributed by atoms with Gasteiger partial charge in [-0.2, -0.15) is 5.10 Å². The van der Waals surface area contributed by atoms with Crippen molar-refractivity contribution in [2.45, 2.75) is 12.6 Å². The van der Waals surface area contributed by atoms with E-state index in [0.29, 0.717) is 52.2 Å². The minimum absolute atomic E-state index is 0.0195. The highest BCUT2D eigenvalue weighted by Crippen LogP contribution is 2.25. The molecule has 1 aromatic carbocycles. The molecule has 0 saturated carbocycles. The molecule has 0 aliphatic carbocycles. The van der Waals surface area contributed by atoms with Crippen molar-refractivity contribution < 1.29 is 9.84 Å². The van der Waals surface area contributed by atoms with Gasteiger partial charge in [-0.1, -0.05) is 41.4 Å². The van der Waals surface area contributed by atoms with Gasteiger partial charge in [0.15, 0.2) is 0 Å². The topological polar surface area (TPSA) is 94.2 Å². The maximum absolute atomic E-state index is 13.3. The molecule has 0 spiro atoms. The molecular formula is C23H21Cl2N5O3. The zero-order valence-electron chi connectivity index (χ0n) is 17.5. The Bertz CT molecular complexity index is 1370. The minimum atomic E-state index is -0.241. The predicted octanol–water partition coefficient (Wildman–Crippen LogP) is 3.36. The van der Waals surface area contributed by atoms with E-state index in [2.05, 4.69) is 15.4 Å². The number of hydrogen-bond donors (Lipinski definition) is 2. The summed E-state index contributed by atoms with van der Waals surface area (Å²) in [5.41, 5.74) is 1.88. The normalized spacial score (nSPS) is 18.2. The van der Waals surface area contributed by atoms with Crippen LogP contribution in [0, 0.1) is 5.92 Å². The first-order valence-corrected chi connectivity index (χ1v) is 11.2. The number of nitrogens with zero attached hydrogens (tertiary/aromatic N) is 4. The minimum Gasteiger partial charge on any atom is -0.396 e. The number of rotatable bonds is 6. The largest absolute Gasteiger partial charge is 0.396 e. The summed E-state index contributed by atoms with van der Waals surface area (Å²) in [5.74, 6) is 0.527. The SMILES string of the molecule is O=c1c2cnn(Cc3ccccc3Cl)c2ccn1-c1cc(N[C@@H]2COCC2CO)ncc1Cl. The molecule has 3 aromatic heterocycles. The molecule has 170 valence electrons. The first kappa shape index (κ1) is 21.9. The van der Waals surface area contributed by atoms with Crippen LogP contribution >= 0.6 is 23.2 Å². The van der Waals surface area contributed by atoms with Crippen LogP contribution in [-0.2, 0) is 11.3 Å². The highest BCUT2D eigenvalue weighted by Gasteiger charge is 2.28. The van der Waals surface area contributed by atoms with Crippen molar-refractivity contribution in [2.75, 3.05) is 25.1 Å². The van der Waals surface area contributed by atoms with Crippen LogP contribution in [0.15, 0.2) is 59.8 Å². The molecule has 2 atom stereocenters. The van der Waals surface area contributed by atoms with Crippen molar-refractivity contribution in [1.29, 1.82) is 0 Å². The number of nitrogens with one attached hydrogen (secondary N) is 1. The van der Waals surface area contributed by atoms with Crippen molar-refractivity contribution in [3.63, 3.8) is 0 Å². The van der Waals surface area contributed by atoms with Crippen LogP contribution in [0.1, 0.15) is 5.56 Å². The molecule has 0 bridgehead atoms. The van der Waals surface area contributed by atoms with E-state index in [1.54, 1.807) is 23.1 Å². The number of benzene rings is 1. The van der Waals surface area contributed by atoms with Gasteiger partial charge in [-0.3, -0.25) is 14.0 Å². The summed E-state index contributed by atoms with van der Waals surface area (Å²) in [5, 5.41) is 18.6. The Morgan fingerprint density at radius 2 is 2.00 bits per heavy atom. The van der Waals surface area contributed by atoms with Gasteiger partial charge in [-0.05, 0) is 17.7 Å². The number of ether oxygens (including phenoxy) is 1. The number of aromatic nitrogens is 4. The van der Waals surface area contributed by atoms with E-state index in [9.17, 15) is 9.90 Å². The van der Waals surface area contributed by atoms with Gasteiger partial charge < -0.3 is 15.2 Å². The maximum Gasteiger partial charge on any atom is 0.266 e. The van der Waals surface area contributed by atoms with Crippen molar-refractivity contribution in [3.8, 4) is 5.69 Å². The molecule has 1 unspecified atom stereocenters. The van der Waals surface area contributed by atoms with Crippen LogP contribution in [0.25, 0.3) is 16.6 Å². The summed E-state index contributed by atoms with van der Waals surface area (Å²) in [4.78, 5) is 17.6. The summed E-state index contributed by atoms with van der Waals surface area (Å²) >= 11 is 12.7. The number of fused-ring (bicyclic) bond motifs is 1. The van der Waals surface area contributed by atoms with Gasteiger partial charge in [-0.25, -0.2) is 4.98 Å². The first-order valence-electron chi connectivity index (χ1n) is 10.5. The Balaban J connectivity index is 1.48. The third-order valence-electron chi connectivity index (χ3n) is 5.85. The van der Waals surface area contributed by atoms with Gasteiger partial charge in [0.1, 0.15) is 5.82 Å². The third-order valence-corrected chi connectivity index (χ3v) is 6.51. The molecule has 2 N–H and O–H groups in total. The van der Waals surface area contributed by atoms with Crippen LogP contribution in [-0.4, -0.2) is 50.3 Å². The van der Waals surface area contributed by atoms with Gasteiger partial charge in [0.2, 0.25) is 0 Å². The van der Waals surface area contributed by atoms with Crippen LogP contribution in [0.3, 0.4) is 0 Å². The Morgan fingerprint density at radius 3 is 2.82 bits per heavy atom. The lowest BCUT2D eigenvalue weighted by molar-refractivity contribution is 0.161. The average molecular weight is 486 g/mol. The molecule has 8 nitrogen and oxygen atoms in total. The number of halogens is 2. The van der Waals surface area contributed by atoms with Crippen molar-refractivity contribution in [1.82, 2.24) is 19.3 Å². The molecule has 1 saturated heterocycles. The Morgan fingerprint density at radius 1 is 1.15 bits per heavy atom. The lowest BCUT2D eigenvalue weighted by atomic mass is 10.1. The second kappa shape index (κ2) is 9.15. The van der Waals surface area contributed by atoms with E-state index in [0.717, 1.165) is 5.56 Å². The summed E-state index contributed by atoms with van der Waals surface area (Å²) in [6, 6.07) is 11.0. The molecule has 0 radical (unpaired) electrons. The lowest BCUT2D eigenvalue weighted by Gasteiger charge is -2.18. The first-order chi connectivity index (χ1) is 16.0. The summed E-state index contributed by atoms with van der Waals surface area (Å²) in [6.45, 7) is 1.43. The molecule has 1 aliphatic heterocycles. The van der Waals surface area contributed by atoms with Crippen molar-refractivity contribution in [3.05, 3.63) is 81.0 Å². The van der Waals surface area contributed by atoms with E-state index in [1.165, 1.54) is 10.8 Å². The van der Waals surface area contributed by atoms with Crippen LogP contribution < -0.4 is 10.9 Å². The van der Waals surface area contributed by atoms with Crippen LogP contribution in [0.4, 0.5) is 5.82 Å². The number of pyridine rings is 2. The van der Waals surface area contributed by atoms with Gasteiger partial charge in [0.25, 0.3) is 5.56 Å². The van der Waals surface area contributed by atoms with E-state index < -0.39 is 0 Å². The lowest BCUT2D eigenvalue weighted by Crippen LogP contribution is -2.30. The van der Waals surface area contributed by atoms with Crippen molar-refractivity contribution >= 4 is 39.9 Å². The van der Waals surface area contributed by atoms with E-state index in [4.69, 9.17) is 27.9 Å². The van der Waals surface area contributed by atoms with E-state index >= 15 is 0 Å². The zero-order valence-corrected chi connectivity index (χ0v) is 19.0.